The summed E-state index contributed by atoms with van der Waals surface area (Å²) in [5, 5.41) is 11.9. The Balaban J connectivity index is 0.891. The minimum Gasteiger partial charge on any atom is -0.343 e. The Morgan fingerprint density at radius 1 is 0.676 bits per heavy atom. The van der Waals surface area contributed by atoms with Crippen molar-refractivity contribution < 1.29 is 23.6 Å². The van der Waals surface area contributed by atoms with Crippen molar-refractivity contribution in [2.24, 2.45) is 4.99 Å². The highest BCUT2D eigenvalue weighted by Crippen LogP contribution is 2.35. The van der Waals surface area contributed by atoms with Crippen LogP contribution in [0, 0.1) is 12.7 Å². The first-order valence-electron chi connectivity index (χ1n) is 23.8. The van der Waals surface area contributed by atoms with E-state index in [0.29, 0.717) is 31.8 Å². The molecule has 2 fully saturated rings. The van der Waals surface area contributed by atoms with Gasteiger partial charge in [-0.3, -0.25) is 24.2 Å². The largest absolute Gasteiger partial charge is 0.343 e. The number of benzene rings is 4. The summed E-state index contributed by atoms with van der Waals surface area (Å²) in [6.45, 7) is 6.70. The lowest BCUT2D eigenvalue weighted by Gasteiger charge is -2.30. The van der Waals surface area contributed by atoms with E-state index in [9.17, 15) is 23.6 Å². The highest BCUT2D eigenvalue weighted by Gasteiger charge is 2.39. The maximum atomic E-state index is 14.3. The number of amides is 4. The predicted octanol–water partition coefficient (Wildman–Crippen LogP) is 6.70. The lowest BCUT2D eigenvalue weighted by atomic mass is 9.96. The SMILES string of the molecule is CN[C@@H](C)C(=O)N[C@@H](Cc1ccc(C)cc1)C(=O)N1CCC[C@H]1C1=NC=C(c2ccc(-c3ccc(-c4cnc([C@@H]5CCCN5C(=O)[C@H](Cc5ccc(F)cc5)NC(=O)[C@H](C)NC)[nH]4)cc3)cc2)C1. The van der Waals surface area contributed by atoms with Gasteiger partial charge < -0.3 is 36.1 Å². The molecular formula is C54H62FN9O4. The Bertz CT molecular complexity index is 2640. The van der Waals surface area contributed by atoms with Crippen LogP contribution in [0.3, 0.4) is 0 Å². The minimum absolute atomic E-state index is 0.0795. The number of aliphatic imine (C=N–C) groups is 1. The van der Waals surface area contributed by atoms with Crippen molar-refractivity contribution in [1.29, 1.82) is 0 Å². The number of aromatic nitrogens is 2. The molecule has 4 heterocycles. The summed E-state index contributed by atoms with van der Waals surface area (Å²) >= 11 is 0. The summed E-state index contributed by atoms with van der Waals surface area (Å²) in [6.07, 6.45) is 8.24. The van der Waals surface area contributed by atoms with Crippen LogP contribution in [0.5, 0.6) is 0 Å². The highest BCUT2D eigenvalue weighted by molar-refractivity contribution is 6.04. The number of aryl methyl sites for hydroxylation is 1. The number of hydrogen-bond donors (Lipinski definition) is 5. The molecule has 0 spiro atoms. The van der Waals surface area contributed by atoms with Gasteiger partial charge in [-0.15, -0.1) is 0 Å². The minimum atomic E-state index is -0.829. The number of likely N-dealkylation sites (tertiary alicyclic amines) is 2. The van der Waals surface area contributed by atoms with Crippen molar-refractivity contribution >= 4 is 34.9 Å². The Kier molecular flexibility index (Phi) is 15.1. The lowest BCUT2D eigenvalue weighted by Crippen LogP contribution is -2.55. The summed E-state index contributed by atoms with van der Waals surface area (Å²) < 4.78 is 13.7. The van der Waals surface area contributed by atoms with Crippen LogP contribution in [0.4, 0.5) is 4.39 Å². The molecule has 2 saturated heterocycles. The Morgan fingerprint density at radius 2 is 1.16 bits per heavy atom. The van der Waals surface area contributed by atoms with Gasteiger partial charge in [-0.05, 0) is 112 Å². The van der Waals surface area contributed by atoms with Crippen molar-refractivity contribution in [2.75, 3.05) is 27.2 Å². The van der Waals surface area contributed by atoms with E-state index in [0.717, 1.165) is 81.6 Å². The fraction of sp³-hybridized carbons (Fsp3) is 0.370. The molecule has 0 bridgehead atoms. The third kappa shape index (κ3) is 11.0. The molecular weight excluding hydrogens is 858 g/mol. The molecule has 68 heavy (non-hydrogen) atoms. The summed E-state index contributed by atoms with van der Waals surface area (Å²) in [7, 11) is 3.42. The van der Waals surface area contributed by atoms with Gasteiger partial charge in [0.2, 0.25) is 23.6 Å². The van der Waals surface area contributed by atoms with Crippen LogP contribution in [0.15, 0.2) is 114 Å². The highest BCUT2D eigenvalue weighted by atomic mass is 19.1. The second kappa shape index (κ2) is 21.5. The van der Waals surface area contributed by atoms with Gasteiger partial charge in [-0.2, -0.15) is 0 Å². The molecule has 354 valence electrons. The number of carbonyl (C=O) groups excluding carboxylic acids is 4. The summed E-state index contributed by atoms with van der Waals surface area (Å²) in [5.41, 5.74) is 9.95. The summed E-state index contributed by atoms with van der Waals surface area (Å²) in [5.74, 6) is -0.452. The number of nitrogens with one attached hydrogen (secondary N) is 5. The summed E-state index contributed by atoms with van der Waals surface area (Å²) in [4.78, 5) is 71.2. The van der Waals surface area contributed by atoms with E-state index in [1.807, 2.05) is 42.3 Å². The molecule has 8 rings (SSSR count). The van der Waals surface area contributed by atoms with Crippen LogP contribution in [0.2, 0.25) is 0 Å². The predicted molar refractivity (Wildman–Crippen MR) is 264 cm³/mol. The summed E-state index contributed by atoms with van der Waals surface area (Å²) in [6, 6.07) is 28.0. The van der Waals surface area contributed by atoms with Gasteiger partial charge in [-0.1, -0.05) is 90.5 Å². The maximum absolute atomic E-state index is 14.3. The molecule has 3 aliphatic rings. The molecule has 13 nitrogen and oxygen atoms in total. The van der Waals surface area contributed by atoms with Gasteiger partial charge in [0.05, 0.1) is 36.1 Å². The molecule has 0 aliphatic carbocycles. The first-order valence-corrected chi connectivity index (χ1v) is 23.8. The topological polar surface area (TPSA) is 164 Å². The quantitative estimate of drug-likeness (QED) is 0.0693. The number of imidazole rings is 1. The van der Waals surface area contributed by atoms with E-state index in [-0.39, 0.29) is 48.0 Å². The van der Waals surface area contributed by atoms with Gasteiger partial charge in [0.1, 0.15) is 23.7 Å². The Labute approximate surface area is 398 Å². The average molecular weight is 920 g/mol. The van der Waals surface area contributed by atoms with Gasteiger partial charge in [0.15, 0.2) is 0 Å². The number of carbonyl (C=O) groups is 4. The van der Waals surface area contributed by atoms with Crippen LogP contribution in [0.1, 0.15) is 80.1 Å². The van der Waals surface area contributed by atoms with Crippen molar-refractivity contribution in [2.45, 2.75) is 102 Å². The maximum Gasteiger partial charge on any atom is 0.246 e. The smallest absolute Gasteiger partial charge is 0.246 e. The number of nitrogens with zero attached hydrogens (tertiary/aromatic N) is 4. The van der Waals surface area contributed by atoms with Gasteiger partial charge in [-0.25, -0.2) is 9.37 Å². The molecule has 4 amide bonds. The van der Waals surface area contributed by atoms with E-state index in [1.165, 1.54) is 12.1 Å². The van der Waals surface area contributed by atoms with Crippen LogP contribution < -0.4 is 21.3 Å². The number of hydrogen-bond acceptors (Lipinski definition) is 8. The van der Waals surface area contributed by atoms with Crippen LogP contribution >= 0.6 is 0 Å². The van der Waals surface area contributed by atoms with E-state index < -0.39 is 24.2 Å². The number of H-pyrrole nitrogens is 1. The van der Waals surface area contributed by atoms with Crippen LogP contribution in [-0.4, -0.2) is 107 Å². The molecule has 5 N–H and O–H groups in total. The standard InChI is InChI=1S/C54H62FN9O4/c1-33-10-12-36(13-11-33)28-45(61-51(65)34(2)56-4)53(67)63-26-6-8-48(63)44-30-42(31-58-44)40-18-16-38(17-19-40)39-20-22-41(23-21-39)47-32-59-50(60-47)49-9-7-27-64(49)54(68)46(62-52(66)35(3)57-5)29-37-14-24-43(55)25-15-37/h10-25,31-32,34-35,45-46,48-49,56-57H,6-9,26-30H2,1-5H3,(H,59,60)(H,61,65)(H,62,66)/t34-,35-,45-,46-,48-,49-/m0/s1. The fourth-order valence-electron chi connectivity index (χ4n) is 9.36. The van der Waals surface area contributed by atoms with Crippen molar-refractivity contribution in [3.8, 4) is 22.4 Å². The lowest BCUT2D eigenvalue weighted by molar-refractivity contribution is -0.137. The Morgan fingerprint density at radius 3 is 1.71 bits per heavy atom. The zero-order chi connectivity index (χ0) is 47.9. The first kappa shape index (κ1) is 47.7. The second-order valence-electron chi connectivity index (χ2n) is 18.3. The van der Waals surface area contributed by atoms with E-state index in [1.54, 1.807) is 51.2 Å². The second-order valence-corrected chi connectivity index (χ2v) is 18.3. The fourth-order valence-corrected chi connectivity index (χ4v) is 9.36. The number of halogens is 1. The van der Waals surface area contributed by atoms with Crippen molar-refractivity contribution in [1.82, 2.24) is 41.0 Å². The number of rotatable bonds is 17. The first-order chi connectivity index (χ1) is 32.9. The number of aromatic amines is 1. The third-order valence-electron chi connectivity index (χ3n) is 13.7. The zero-order valence-electron chi connectivity index (χ0n) is 39.5. The van der Waals surface area contributed by atoms with E-state index >= 15 is 0 Å². The molecule has 4 aromatic carbocycles. The molecule has 1 aromatic heterocycles. The molecule has 6 atom stereocenters. The molecule has 0 radical (unpaired) electrons. The number of likely N-dealkylation sites (N-methyl/N-ethyl adjacent to an activating group) is 2. The number of allylic oxidation sites excluding steroid dienone is 1. The van der Waals surface area contributed by atoms with Gasteiger partial charge >= 0.3 is 0 Å². The third-order valence-corrected chi connectivity index (χ3v) is 13.7. The van der Waals surface area contributed by atoms with Crippen LogP contribution in [-0.2, 0) is 32.0 Å². The molecule has 14 heteroatoms. The molecule has 0 unspecified atom stereocenters. The molecule has 5 aromatic rings. The van der Waals surface area contributed by atoms with Gasteiger partial charge in [0, 0.05) is 44.3 Å². The Hall–Kier alpha value is -6.77. The van der Waals surface area contributed by atoms with Crippen LogP contribution in [0.25, 0.3) is 28.0 Å². The molecule has 0 saturated carbocycles. The molecule has 3 aliphatic heterocycles. The van der Waals surface area contributed by atoms with E-state index in [4.69, 9.17) is 9.98 Å². The van der Waals surface area contributed by atoms with Crippen molar-refractivity contribution in [3.63, 3.8) is 0 Å². The monoisotopic (exact) mass is 919 g/mol. The van der Waals surface area contributed by atoms with E-state index in [2.05, 4.69) is 74.8 Å². The van der Waals surface area contributed by atoms with Crippen molar-refractivity contribution in [3.05, 3.63) is 143 Å². The normalized spacial score (nSPS) is 18.7. The zero-order valence-corrected chi connectivity index (χ0v) is 39.5. The average Bonchev–Trinajstić information content (AvgIpc) is 4.22. The van der Waals surface area contributed by atoms with Gasteiger partial charge in [0.25, 0.3) is 0 Å².